The van der Waals surface area contributed by atoms with Crippen molar-refractivity contribution in [2.75, 3.05) is 39.2 Å². The van der Waals surface area contributed by atoms with Gasteiger partial charge >= 0.3 is 0 Å². The van der Waals surface area contributed by atoms with Crippen molar-refractivity contribution in [3.05, 3.63) is 29.6 Å². The molecule has 1 aliphatic heterocycles. The minimum absolute atomic E-state index is 0.0819. The van der Waals surface area contributed by atoms with E-state index in [0.717, 1.165) is 0 Å². The smallest absolute Gasteiger partial charge is 0.256 e. The van der Waals surface area contributed by atoms with Gasteiger partial charge in [0.2, 0.25) is 5.91 Å². The summed E-state index contributed by atoms with van der Waals surface area (Å²) >= 11 is 0. The Morgan fingerprint density at radius 3 is 2.57 bits per heavy atom. The highest BCUT2D eigenvalue weighted by molar-refractivity contribution is 5.99. The summed E-state index contributed by atoms with van der Waals surface area (Å²) in [6, 6.07) is 3.95. The molecule has 0 saturated carbocycles. The summed E-state index contributed by atoms with van der Waals surface area (Å²) in [6.07, 6.45) is 1.08. The molecule has 0 spiro atoms. The number of anilines is 1. The van der Waals surface area contributed by atoms with E-state index >= 15 is 0 Å². The Morgan fingerprint density at radius 2 is 2.00 bits per heavy atom. The number of hydrogen-bond acceptors (Lipinski definition) is 4. The minimum Gasteiger partial charge on any atom is -0.381 e. The lowest BCUT2D eigenvalue weighted by atomic mass is 9.79. The molecule has 1 heterocycles. The molecule has 0 aromatic heterocycles. The number of ether oxygens (including phenoxy) is 1. The molecule has 1 aliphatic rings. The first-order chi connectivity index (χ1) is 10.9. The van der Waals surface area contributed by atoms with Crippen molar-refractivity contribution in [3.8, 4) is 0 Å². The van der Waals surface area contributed by atoms with Crippen LogP contribution in [-0.2, 0) is 9.53 Å². The zero-order chi connectivity index (χ0) is 17.0. The topological polar surface area (TPSA) is 84.7 Å². The number of benzene rings is 1. The first kappa shape index (κ1) is 17.4. The lowest BCUT2D eigenvalue weighted by Gasteiger charge is -2.34. The number of halogens is 1. The van der Waals surface area contributed by atoms with Crippen LogP contribution in [0.15, 0.2) is 18.2 Å². The van der Waals surface area contributed by atoms with E-state index in [2.05, 4.69) is 5.32 Å². The van der Waals surface area contributed by atoms with Crippen molar-refractivity contribution in [1.29, 1.82) is 0 Å². The molecule has 0 atom stereocenters. The monoisotopic (exact) mass is 323 g/mol. The highest BCUT2D eigenvalue weighted by Crippen LogP contribution is 2.31. The lowest BCUT2D eigenvalue weighted by molar-refractivity contribution is -0.130. The second-order valence-electron chi connectivity index (χ2n) is 5.95. The Morgan fingerprint density at radius 1 is 1.35 bits per heavy atom. The highest BCUT2D eigenvalue weighted by atomic mass is 19.1. The second-order valence-corrected chi connectivity index (χ2v) is 5.95. The maximum Gasteiger partial charge on any atom is 0.256 e. The fraction of sp³-hybridized carbons (Fsp3) is 0.500. The maximum absolute atomic E-state index is 13.8. The van der Waals surface area contributed by atoms with Crippen LogP contribution >= 0.6 is 0 Å². The van der Waals surface area contributed by atoms with Crippen molar-refractivity contribution in [3.63, 3.8) is 0 Å². The molecule has 1 saturated heterocycles. The summed E-state index contributed by atoms with van der Waals surface area (Å²) < 4.78 is 19.1. The van der Waals surface area contributed by atoms with Crippen LogP contribution in [0, 0.1) is 11.2 Å². The van der Waals surface area contributed by atoms with Gasteiger partial charge in [-0.3, -0.25) is 9.59 Å². The Kier molecular flexibility index (Phi) is 5.33. The standard InChI is InChI=1S/C16H22FN3O3/c1-20(2)14(21)12-9-11(3-4-13(12)17)19-15(22)16(10-18)5-7-23-8-6-16/h3-4,9H,5-8,10,18H2,1-2H3,(H,19,22). The first-order valence-electron chi connectivity index (χ1n) is 7.50. The summed E-state index contributed by atoms with van der Waals surface area (Å²) in [5.74, 6) is -1.31. The molecule has 3 N–H and O–H groups in total. The molecular weight excluding hydrogens is 301 g/mol. The van der Waals surface area contributed by atoms with E-state index in [4.69, 9.17) is 10.5 Å². The van der Waals surface area contributed by atoms with Gasteiger partial charge < -0.3 is 20.7 Å². The summed E-state index contributed by atoms with van der Waals surface area (Å²) in [7, 11) is 3.08. The van der Waals surface area contributed by atoms with Crippen LogP contribution < -0.4 is 11.1 Å². The largest absolute Gasteiger partial charge is 0.381 e. The molecule has 1 aromatic rings. The number of nitrogens with zero attached hydrogens (tertiary/aromatic N) is 1. The average Bonchev–Trinajstić information content (AvgIpc) is 2.56. The Hall–Kier alpha value is -1.99. The van der Waals surface area contributed by atoms with E-state index < -0.39 is 17.1 Å². The molecule has 0 radical (unpaired) electrons. The molecule has 1 fully saturated rings. The van der Waals surface area contributed by atoms with Gasteiger partial charge in [0.1, 0.15) is 5.82 Å². The SMILES string of the molecule is CN(C)C(=O)c1cc(NC(=O)C2(CN)CCOCC2)ccc1F. The number of amides is 2. The predicted molar refractivity (Wildman–Crippen MR) is 84.6 cm³/mol. The normalized spacial score (nSPS) is 16.7. The molecule has 126 valence electrons. The van der Waals surface area contributed by atoms with Gasteiger partial charge in [-0.1, -0.05) is 0 Å². The molecular formula is C16H22FN3O3. The quantitative estimate of drug-likeness (QED) is 0.872. The third-order valence-corrected chi connectivity index (χ3v) is 4.18. The van der Waals surface area contributed by atoms with E-state index in [0.29, 0.717) is 31.7 Å². The molecule has 1 aromatic carbocycles. The third-order valence-electron chi connectivity index (χ3n) is 4.18. The van der Waals surface area contributed by atoms with Crippen molar-refractivity contribution in [2.24, 2.45) is 11.1 Å². The highest BCUT2D eigenvalue weighted by Gasteiger charge is 2.38. The number of carbonyl (C=O) groups is 2. The average molecular weight is 323 g/mol. The summed E-state index contributed by atoms with van der Waals surface area (Å²) in [5.41, 5.74) is 5.41. The van der Waals surface area contributed by atoms with Crippen molar-refractivity contribution < 1.29 is 18.7 Å². The Balaban J connectivity index is 2.21. The van der Waals surface area contributed by atoms with Crippen molar-refractivity contribution >= 4 is 17.5 Å². The van der Waals surface area contributed by atoms with E-state index in [-0.39, 0.29) is 18.0 Å². The van der Waals surface area contributed by atoms with Gasteiger partial charge in [-0.2, -0.15) is 0 Å². The number of carbonyl (C=O) groups excluding carboxylic acids is 2. The van der Waals surface area contributed by atoms with Gasteiger partial charge in [0.15, 0.2) is 0 Å². The van der Waals surface area contributed by atoms with Gasteiger partial charge in [0, 0.05) is 39.5 Å². The maximum atomic E-state index is 13.8. The molecule has 0 unspecified atom stereocenters. The van der Waals surface area contributed by atoms with Crippen molar-refractivity contribution in [1.82, 2.24) is 4.90 Å². The van der Waals surface area contributed by atoms with Gasteiger partial charge in [0.05, 0.1) is 11.0 Å². The van der Waals surface area contributed by atoms with E-state index in [1.165, 1.54) is 23.1 Å². The van der Waals surface area contributed by atoms with Crippen LogP contribution in [0.1, 0.15) is 23.2 Å². The summed E-state index contributed by atoms with van der Waals surface area (Å²) in [5, 5.41) is 2.75. The predicted octanol–water partition coefficient (Wildman–Crippen LogP) is 1.22. The lowest BCUT2D eigenvalue weighted by Crippen LogP contribution is -2.46. The first-order valence-corrected chi connectivity index (χ1v) is 7.50. The van der Waals surface area contributed by atoms with Gasteiger partial charge in [-0.25, -0.2) is 4.39 Å². The minimum atomic E-state index is -0.682. The van der Waals surface area contributed by atoms with Gasteiger partial charge in [-0.15, -0.1) is 0 Å². The number of rotatable bonds is 4. The fourth-order valence-electron chi connectivity index (χ4n) is 2.56. The molecule has 7 heteroatoms. The van der Waals surface area contributed by atoms with Crippen LogP contribution in [0.4, 0.5) is 10.1 Å². The molecule has 6 nitrogen and oxygen atoms in total. The summed E-state index contributed by atoms with van der Waals surface area (Å²) in [4.78, 5) is 25.8. The van der Waals surface area contributed by atoms with Crippen LogP contribution in [0.25, 0.3) is 0 Å². The van der Waals surface area contributed by atoms with Crippen LogP contribution in [-0.4, -0.2) is 50.6 Å². The molecule has 2 rings (SSSR count). The summed E-state index contributed by atoms with van der Waals surface area (Å²) in [6.45, 7) is 1.18. The van der Waals surface area contributed by atoms with E-state index in [1.807, 2.05) is 0 Å². The number of nitrogens with two attached hydrogens (primary N) is 1. The number of nitrogens with one attached hydrogen (secondary N) is 1. The molecule has 2 amide bonds. The zero-order valence-corrected chi connectivity index (χ0v) is 13.4. The van der Waals surface area contributed by atoms with Crippen LogP contribution in [0.5, 0.6) is 0 Å². The molecule has 0 aliphatic carbocycles. The fourth-order valence-corrected chi connectivity index (χ4v) is 2.56. The Bertz CT molecular complexity index is 598. The van der Waals surface area contributed by atoms with Crippen LogP contribution in [0.2, 0.25) is 0 Å². The van der Waals surface area contributed by atoms with Crippen LogP contribution in [0.3, 0.4) is 0 Å². The van der Waals surface area contributed by atoms with E-state index in [1.54, 1.807) is 14.1 Å². The second kappa shape index (κ2) is 7.06. The zero-order valence-electron chi connectivity index (χ0n) is 13.4. The van der Waals surface area contributed by atoms with E-state index in [9.17, 15) is 14.0 Å². The van der Waals surface area contributed by atoms with Crippen molar-refractivity contribution in [2.45, 2.75) is 12.8 Å². The molecule has 23 heavy (non-hydrogen) atoms. The number of hydrogen-bond donors (Lipinski definition) is 2. The van der Waals surface area contributed by atoms with Gasteiger partial charge in [0.25, 0.3) is 5.91 Å². The third kappa shape index (κ3) is 3.68. The molecule has 0 bridgehead atoms. The van der Waals surface area contributed by atoms with Gasteiger partial charge in [-0.05, 0) is 31.0 Å². The Labute approximate surface area is 134 Å².